The van der Waals surface area contributed by atoms with E-state index in [1.165, 1.54) is 21.8 Å². The normalized spacial score (nSPS) is 22.9. The van der Waals surface area contributed by atoms with Crippen molar-refractivity contribution in [1.29, 1.82) is 0 Å². The Bertz CT molecular complexity index is 934. The zero-order valence-corrected chi connectivity index (χ0v) is 18.3. The van der Waals surface area contributed by atoms with E-state index in [1.54, 1.807) is 0 Å². The number of hydrogen-bond donors (Lipinski definition) is 0. The summed E-state index contributed by atoms with van der Waals surface area (Å²) in [6, 6.07) is 11.7. The lowest BCUT2D eigenvalue weighted by Gasteiger charge is -2.37. The highest BCUT2D eigenvalue weighted by molar-refractivity contribution is 7.11. The smallest absolute Gasteiger partial charge is 0.282 e. The fourth-order valence-corrected chi connectivity index (χ4v) is 5.31. The largest absolute Gasteiger partial charge is 0.366 e. The molecule has 2 unspecified atom stereocenters. The Morgan fingerprint density at radius 1 is 0.966 bits per heavy atom. The van der Waals surface area contributed by atoms with Gasteiger partial charge >= 0.3 is 0 Å². The first-order valence-electron chi connectivity index (χ1n) is 10.4. The summed E-state index contributed by atoms with van der Waals surface area (Å²) in [5, 5.41) is 1.96. The van der Waals surface area contributed by atoms with Gasteiger partial charge in [-0.3, -0.25) is 9.59 Å². The van der Waals surface area contributed by atoms with Gasteiger partial charge in [0.15, 0.2) is 0 Å². The molecule has 2 aliphatic rings. The second-order valence-corrected chi connectivity index (χ2v) is 9.69. The van der Waals surface area contributed by atoms with E-state index in [0.29, 0.717) is 34.7 Å². The van der Waals surface area contributed by atoms with Gasteiger partial charge in [0, 0.05) is 18.0 Å². The Morgan fingerprint density at radius 2 is 1.62 bits per heavy atom. The average Bonchev–Trinajstić information content (AvgIpc) is 3.27. The summed E-state index contributed by atoms with van der Waals surface area (Å²) in [5.41, 5.74) is 2.97. The van der Waals surface area contributed by atoms with Gasteiger partial charge in [-0.1, -0.05) is 45.9 Å². The Kier molecular flexibility index (Phi) is 5.34. The van der Waals surface area contributed by atoms with E-state index in [1.807, 2.05) is 41.8 Å². The molecular formula is C24H28N2O2S. The van der Waals surface area contributed by atoms with Gasteiger partial charge < -0.3 is 4.90 Å². The summed E-state index contributed by atoms with van der Waals surface area (Å²) in [7, 11) is 0. The molecule has 0 spiro atoms. The van der Waals surface area contributed by atoms with Crippen LogP contribution in [0.2, 0.25) is 0 Å². The van der Waals surface area contributed by atoms with Gasteiger partial charge in [0.25, 0.3) is 11.8 Å². The zero-order valence-electron chi connectivity index (χ0n) is 17.5. The summed E-state index contributed by atoms with van der Waals surface area (Å²) in [4.78, 5) is 31.4. The van der Waals surface area contributed by atoms with Crippen molar-refractivity contribution in [2.45, 2.75) is 40.0 Å². The molecule has 5 heteroatoms. The average molecular weight is 409 g/mol. The third kappa shape index (κ3) is 3.64. The first kappa shape index (κ1) is 19.9. The van der Waals surface area contributed by atoms with Gasteiger partial charge in [0.1, 0.15) is 5.70 Å². The summed E-state index contributed by atoms with van der Waals surface area (Å²) in [5.74, 6) is 0.990. The first-order chi connectivity index (χ1) is 13.9. The monoisotopic (exact) mass is 408 g/mol. The van der Waals surface area contributed by atoms with Crippen LogP contribution >= 0.6 is 11.3 Å². The molecule has 2 aliphatic heterocycles. The van der Waals surface area contributed by atoms with Crippen molar-refractivity contribution in [2.24, 2.45) is 11.8 Å². The third-order valence-corrected chi connectivity index (χ3v) is 6.72. The molecule has 1 saturated heterocycles. The molecule has 2 amide bonds. The van der Waals surface area contributed by atoms with Crippen LogP contribution in [0.15, 0.2) is 47.5 Å². The number of rotatable bonds is 4. The lowest BCUT2D eigenvalue weighted by molar-refractivity contribution is -0.120. The van der Waals surface area contributed by atoms with Crippen LogP contribution in [-0.4, -0.2) is 29.8 Å². The molecule has 0 radical (unpaired) electrons. The van der Waals surface area contributed by atoms with Crippen LogP contribution in [-0.2, 0) is 9.59 Å². The highest BCUT2D eigenvalue weighted by Gasteiger charge is 2.44. The van der Waals surface area contributed by atoms with Gasteiger partial charge in [0.2, 0.25) is 0 Å². The van der Waals surface area contributed by atoms with E-state index < -0.39 is 0 Å². The number of nitrogens with zero attached hydrogens (tertiary/aromatic N) is 2. The van der Waals surface area contributed by atoms with Gasteiger partial charge in [-0.05, 0) is 53.3 Å². The molecular weight excluding hydrogens is 380 g/mol. The first-order valence-corrected chi connectivity index (χ1v) is 11.3. The number of thiophene rings is 1. The standard InChI is InChI=1S/C24H28N2O2S/c1-15(2)18-7-9-19(10-8-18)26-23(27)21(20-6-5-11-29-20)22(24(26)28)25-13-16(3)12-17(4)14-25/h5-11,15-17H,12-14H2,1-4H3. The maximum absolute atomic E-state index is 13.6. The lowest BCUT2D eigenvalue weighted by atomic mass is 9.91. The number of amides is 2. The number of imide groups is 1. The molecule has 0 N–H and O–H groups in total. The van der Waals surface area contributed by atoms with Crippen molar-refractivity contribution in [1.82, 2.24) is 4.90 Å². The Labute approximate surface area is 176 Å². The van der Waals surface area contributed by atoms with Crippen LogP contribution in [0.25, 0.3) is 5.57 Å². The summed E-state index contributed by atoms with van der Waals surface area (Å²) in [6.45, 7) is 10.3. The molecule has 3 heterocycles. The Hall–Kier alpha value is -2.40. The minimum atomic E-state index is -0.212. The second-order valence-electron chi connectivity index (χ2n) is 8.74. The Morgan fingerprint density at radius 3 is 2.17 bits per heavy atom. The molecule has 1 aromatic carbocycles. The number of anilines is 1. The number of piperidine rings is 1. The molecule has 1 aromatic heterocycles. The van der Waals surface area contributed by atoms with Gasteiger partial charge in [-0.15, -0.1) is 11.3 Å². The van der Waals surface area contributed by atoms with Crippen LogP contribution in [0, 0.1) is 11.8 Å². The van der Waals surface area contributed by atoms with E-state index >= 15 is 0 Å². The summed E-state index contributed by atoms with van der Waals surface area (Å²) >= 11 is 1.51. The van der Waals surface area contributed by atoms with Crippen molar-refractivity contribution < 1.29 is 9.59 Å². The molecule has 0 bridgehead atoms. The minimum absolute atomic E-state index is 0.197. The van der Waals surface area contributed by atoms with Crippen molar-refractivity contribution in [3.8, 4) is 0 Å². The van der Waals surface area contributed by atoms with E-state index in [4.69, 9.17) is 0 Å². The van der Waals surface area contributed by atoms with Gasteiger partial charge in [-0.25, -0.2) is 4.90 Å². The molecule has 1 fully saturated rings. The molecule has 0 aliphatic carbocycles. The number of carbonyl (C=O) groups excluding carboxylic acids is 2. The molecule has 4 rings (SSSR count). The van der Waals surface area contributed by atoms with Crippen LogP contribution in [0.5, 0.6) is 0 Å². The molecule has 2 aromatic rings. The summed E-state index contributed by atoms with van der Waals surface area (Å²) in [6.07, 6.45) is 1.15. The maximum atomic E-state index is 13.6. The number of carbonyl (C=O) groups is 2. The zero-order chi connectivity index (χ0) is 20.7. The summed E-state index contributed by atoms with van der Waals surface area (Å²) < 4.78 is 0. The number of likely N-dealkylation sites (tertiary alicyclic amines) is 1. The highest BCUT2D eigenvalue weighted by atomic mass is 32.1. The molecule has 152 valence electrons. The Balaban J connectivity index is 1.76. The predicted octanol–water partition coefficient (Wildman–Crippen LogP) is 5.13. The van der Waals surface area contributed by atoms with E-state index in [0.717, 1.165) is 24.4 Å². The molecule has 2 atom stereocenters. The predicted molar refractivity (Wildman–Crippen MR) is 119 cm³/mol. The number of benzene rings is 1. The quantitative estimate of drug-likeness (QED) is 0.658. The fourth-order valence-electron chi connectivity index (χ4n) is 4.54. The lowest BCUT2D eigenvalue weighted by Crippen LogP contribution is -2.42. The van der Waals surface area contributed by atoms with Crippen LogP contribution in [0.4, 0.5) is 5.69 Å². The maximum Gasteiger partial charge on any atom is 0.282 e. The van der Waals surface area contributed by atoms with Crippen LogP contribution < -0.4 is 4.90 Å². The SMILES string of the molecule is CC1CC(C)CN(C2=C(c3cccs3)C(=O)N(c3ccc(C(C)C)cc3)C2=O)C1. The van der Waals surface area contributed by atoms with E-state index in [9.17, 15) is 9.59 Å². The molecule has 0 saturated carbocycles. The third-order valence-electron chi connectivity index (χ3n) is 5.83. The molecule has 4 nitrogen and oxygen atoms in total. The second kappa shape index (κ2) is 7.79. The van der Waals surface area contributed by atoms with Gasteiger partial charge in [0.05, 0.1) is 11.3 Å². The van der Waals surface area contributed by atoms with Crippen molar-refractivity contribution in [2.75, 3.05) is 18.0 Å². The topological polar surface area (TPSA) is 40.6 Å². The molecule has 29 heavy (non-hydrogen) atoms. The highest BCUT2D eigenvalue weighted by Crippen LogP contribution is 2.38. The van der Waals surface area contributed by atoms with Crippen molar-refractivity contribution >= 4 is 34.4 Å². The minimum Gasteiger partial charge on any atom is -0.366 e. The fraction of sp³-hybridized carbons (Fsp3) is 0.417. The van der Waals surface area contributed by atoms with Crippen molar-refractivity contribution in [3.63, 3.8) is 0 Å². The van der Waals surface area contributed by atoms with E-state index in [2.05, 4.69) is 32.6 Å². The van der Waals surface area contributed by atoms with Gasteiger partial charge in [-0.2, -0.15) is 0 Å². The van der Waals surface area contributed by atoms with Crippen LogP contribution in [0.3, 0.4) is 0 Å². The van der Waals surface area contributed by atoms with Crippen molar-refractivity contribution in [3.05, 3.63) is 57.9 Å². The van der Waals surface area contributed by atoms with Crippen LogP contribution in [0.1, 0.15) is 50.5 Å². The van der Waals surface area contributed by atoms with E-state index in [-0.39, 0.29) is 11.8 Å². The number of hydrogen-bond acceptors (Lipinski definition) is 4.